The number of nitrogens with zero attached hydrogens (tertiary/aromatic N) is 2. The number of rotatable bonds is 4. The summed E-state index contributed by atoms with van der Waals surface area (Å²) in [5.41, 5.74) is 2.37. The van der Waals surface area contributed by atoms with E-state index in [2.05, 4.69) is 63.7 Å². The van der Waals surface area contributed by atoms with E-state index in [9.17, 15) is 0 Å². The quantitative estimate of drug-likeness (QED) is 0.905. The average Bonchev–Trinajstić information content (AvgIpc) is 3.00. The molecular formula is C16H17N3. The van der Waals surface area contributed by atoms with E-state index in [0.717, 1.165) is 25.5 Å². The Kier molecular flexibility index (Phi) is 3.45. The monoisotopic (exact) mass is 251 g/mol. The Morgan fingerprint density at radius 1 is 0.895 bits per heavy atom. The van der Waals surface area contributed by atoms with Crippen LogP contribution in [0, 0.1) is 0 Å². The molecule has 0 aliphatic carbocycles. The number of anilines is 2. The normalized spacial score (nSPS) is 13.8. The Bertz CT molecular complexity index is 509. The number of amidine groups is 1. The van der Waals surface area contributed by atoms with Crippen molar-refractivity contribution in [1.29, 1.82) is 0 Å². The lowest BCUT2D eigenvalue weighted by atomic mass is 10.2. The van der Waals surface area contributed by atoms with Crippen molar-refractivity contribution in [3.63, 3.8) is 0 Å². The molecule has 0 unspecified atom stereocenters. The van der Waals surface area contributed by atoms with Gasteiger partial charge in [0.2, 0.25) is 0 Å². The highest BCUT2D eigenvalue weighted by molar-refractivity contribution is 5.90. The van der Waals surface area contributed by atoms with Gasteiger partial charge in [0.15, 0.2) is 0 Å². The van der Waals surface area contributed by atoms with E-state index >= 15 is 0 Å². The van der Waals surface area contributed by atoms with E-state index in [0.29, 0.717) is 0 Å². The number of benzene rings is 2. The number of hydrogen-bond acceptors (Lipinski definition) is 3. The predicted octanol–water partition coefficient (Wildman–Crippen LogP) is 2.83. The van der Waals surface area contributed by atoms with E-state index in [1.165, 1.54) is 11.4 Å². The zero-order valence-electron chi connectivity index (χ0n) is 10.8. The molecule has 2 aromatic rings. The highest BCUT2D eigenvalue weighted by Crippen LogP contribution is 2.24. The molecular weight excluding hydrogens is 234 g/mol. The molecule has 19 heavy (non-hydrogen) atoms. The lowest BCUT2D eigenvalue weighted by Crippen LogP contribution is -2.32. The Hall–Kier alpha value is -2.29. The van der Waals surface area contributed by atoms with Gasteiger partial charge in [0.05, 0.1) is 13.1 Å². The second kappa shape index (κ2) is 5.57. The molecule has 3 rings (SSSR count). The molecule has 0 spiro atoms. The molecule has 3 heteroatoms. The van der Waals surface area contributed by atoms with E-state index in [4.69, 9.17) is 0 Å². The molecule has 0 amide bonds. The second-order valence-electron chi connectivity index (χ2n) is 4.51. The van der Waals surface area contributed by atoms with Crippen molar-refractivity contribution in [2.75, 3.05) is 24.5 Å². The largest absolute Gasteiger partial charge is 0.370 e. The minimum atomic E-state index is 0.786. The van der Waals surface area contributed by atoms with Crippen molar-refractivity contribution in [2.45, 2.75) is 0 Å². The molecule has 0 radical (unpaired) electrons. The van der Waals surface area contributed by atoms with Crippen LogP contribution in [0.3, 0.4) is 0 Å². The average molecular weight is 251 g/mol. The Labute approximate surface area is 113 Å². The third-order valence-corrected chi connectivity index (χ3v) is 3.19. The summed E-state index contributed by atoms with van der Waals surface area (Å²) in [6.45, 7) is 2.62. The van der Waals surface area contributed by atoms with Gasteiger partial charge in [-0.2, -0.15) is 0 Å². The summed E-state index contributed by atoms with van der Waals surface area (Å²) < 4.78 is 0. The van der Waals surface area contributed by atoms with Crippen molar-refractivity contribution in [3.8, 4) is 0 Å². The first kappa shape index (κ1) is 11.8. The zero-order valence-corrected chi connectivity index (χ0v) is 10.8. The van der Waals surface area contributed by atoms with Gasteiger partial charge in [0.25, 0.3) is 0 Å². The fourth-order valence-electron chi connectivity index (χ4n) is 2.25. The maximum Gasteiger partial charge on any atom is 0.117 e. The van der Waals surface area contributed by atoms with E-state index in [1.807, 2.05) is 12.1 Å². The molecule has 2 aromatic carbocycles. The van der Waals surface area contributed by atoms with Gasteiger partial charge in [-0.1, -0.05) is 36.4 Å². The zero-order chi connectivity index (χ0) is 12.9. The van der Waals surface area contributed by atoms with Crippen LogP contribution in [0.1, 0.15) is 0 Å². The van der Waals surface area contributed by atoms with Crippen molar-refractivity contribution >= 4 is 17.2 Å². The number of para-hydroxylation sites is 2. The number of nitrogens with one attached hydrogen (secondary N) is 1. The number of hydrogen-bond donors (Lipinski definition) is 1. The molecule has 0 atom stereocenters. The fraction of sp³-hybridized carbons (Fsp3) is 0.188. The van der Waals surface area contributed by atoms with Crippen molar-refractivity contribution < 1.29 is 0 Å². The lowest BCUT2D eigenvalue weighted by Gasteiger charge is -2.25. The van der Waals surface area contributed by atoms with Gasteiger partial charge in [0, 0.05) is 17.9 Å². The van der Waals surface area contributed by atoms with Gasteiger partial charge in [0.1, 0.15) is 5.84 Å². The van der Waals surface area contributed by atoms with Crippen LogP contribution in [0.15, 0.2) is 65.7 Å². The fourth-order valence-corrected chi connectivity index (χ4v) is 2.25. The van der Waals surface area contributed by atoms with Gasteiger partial charge >= 0.3 is 0 Å². The molecule has 1 aliphatic rings. The third-order valence-electron chi connectivity index (χ3n) is 3.19. The minimum Gasteiger partial charge on any atom is -0.370 e. The smallest absolute Gasteiger partial charge is 0.117 e. The Morgan fingerprint density at radius 2 is 1.47 bits per heavy atom. The van der Waals surface area contributed by atoms with Crippen LogP contribution in [0.4, 0.5) is 11.4 Å². The molecule has 1 N–H and O–H groups in total. The standard InChI is InChI=1S/C16H17N3/c1-3-7-14(8-4-1)19(13-16-17-11-12-18-16)15-9-5-2-6-10-15/h1-10H,11-13H2,(H,17,18). The molecule has 96 valence electrons. The van der Waals surface area contributed by atoms with Crippen LogP contribution in [-0.4, -0.2) is 25.5 Å². The first-order valence-corrected chi connectivity index (χ1v) is 6.58. The van der Waals surface area contributed by atoms with Crippen molar-refractivity contribution in [1.82, 2.24) is 5.32 Å². The summed E-state index contributed by atoms with van der Waals surface area (Å²) in [5, 5.41) is 3.33. The number of aliphatic imine (C=N–C) groups is 1. The molecule has 0 bridgehead atoms. The minimum absolute atomic E-state index is 0.786. The van der Waals surface area contributed by atoms with Crippen LogP contribution < -0.4 is 10.2 Å². The van der Waals surface area contributed by atoms with Gasteiger partial charge in [-0.3, -0.25) is 4.99 Å². The summed E-state index contributed by atoms with van der Waals surface area (Å²) in [6, 6.07) is 20.8. The van der Waals surface area contributed by atoms with Gasteiger partial charge < -0.3 is 10.2 Å². The van der Waals surface area contributed by atoms with Crippen LogP contribution >= 0.6 is 0 Å². The SMILES string of the molecule is c1ccc(N(CC2=NCCN2)c2ccccc2)cc1. The van der Waals surface area contributed by atoms with Crippen LogP contribution in [0.25, 0.3) is 0 Å². The van der Waals surface area contributed by atoms with Gasteiger partial charge in [-0.15, -0.1) is 0 Å². The topological polar surface area (TPSA) is 27.6 Å². The molecule has 0 saturated heterocycles. The summed E-state index contributed by atoms with van der Waals surface area (Å²) in [4.78, 5) is 6.77. The summed E-state index contributed by atoms with van der Waals surface area (Å²) in [6.07, 6.45) is 0. The first-order chi connectivity index (χ1) is 9.43. The van der Waals surface area contributed by atoms with Crippen LogP contribution in [0.2, 0.25) is 0 Å². The highest BCUT2D eigenvalue weighted by Gasteiger charge is 2.13. The lowest BCUT2D eigenvalue weighted by molar-refractivity contribution is 0.950. The molecule has 1 aliphatic heterocycles. The van der Waals surface area contributed by atoms with Gasteiger partial charge in [-0.25, -0.2) is 0 Å². The van der Waals surface area contributed by atoms with Crippen LogP contribution in [-0.2, 0) is 0 Å². The molecule has 0 aromatic heterocycles. The Morgan fingerprint density at radius 3 is 1.95 bits per heavy atom. The van der Waals surface area contributed by atoms with E-state index in [-0.39, 0.29) is 0 Å². The second-order valence-corrected chi connectivity index (χ2v) is 4.51. The third kappa shape index (κ3) is 2.76. The maximum atomic E-state index is 4.49. The van der Waals surface area contributed by atoms with E-state index < -0.39 is 0 Å². The molecule has 0 fully saturated rings. The predicted molar refractivity (Wildman–Crippen MR) is 80.2 cm³/mol. The summed E-state index contributed by atoms with van der Waals surface area (Å²) in [7, 11) is 0. The van der Waals surface area contributed by atoms with Crippen molar-refractivity contribution in [2.24, 2.45) is 4.99 Å². The van der Waals surface area contributed by atoms with Crippen LogP contribution in [0.5, 0.6) is 0 Å². The Balaban J connectivity index is 1.91. The van der Waals surface area contributed by atoms with Gasteiger partial charge in [-0.05, 0) is 24.3 Å². The summed E-state index contributed by atoms with van der Waals surface area (Å²) in [5.74, 6) is 1.06. The highest BCUT2D eigenvalue weighted by atomic mass is 15.2. The van der Waals surface area contributed by atoms with E-state index in [1.54, 1.807) is 0 Å². The molecule has 0 saturated carbocycles. The van der Waals surface area contributed by atoms with Crippen molar-refractivity contribution in [3.05, 3.63) is 60.7 Å². The summed E-state index contributed by atoms with van der Waals surface area (Å²) >= 11 is 0. The maximum absolute atomic E-state index is 4.49. The molecule has 1 heterocycles. The molecule has 3 nitrogen and oxygen atoms in total. The first-order valence-electron chi connectivity index (χ1n) is 6.58.